The first-order valence-corrected chi connectivity index (χ1v) is 8.91. The van der Waals surface area contributed by atoms with Crippen molar-refractivity contribution < 1.29 is 18.7 Å². The number of halogens is 1. The number of β-amino-alcohol motifs (C(OH)–C–C–N with tert-alkyl or cyclic N) is 1. The number of fused-ring (bicyclic) bond motifs is 1. The smallest absolute Gasteiger partial charge is 0.319 e. The van der Waals surface area contributed by atoms with Gasteiger partial charge in [0.2, 0.25) is 5.95 Å². The van der Waals surface area contributed by atoms with E-state index >= 15 is 0 Å². The van der Waals surface area contributed by atoms with E-state index in [9.17, 15) is 14.3 Å². The van der Waals surface area contributed by atoms with Gasteiger partial charge >= 0.3 is 6.03 Å². The molecule has 4 rings (SSSR count). The van der Waals surface area contributed by atoms with Crippen LogP contribution in [-0.2, 0) is 6.54 Å². The molecule has 0 saturated carbocycles. The number of nitrogens with zero attached hydrogens (tertiary/aromatic N) is 3. The third-order valence-electron chi connectivity index (χ3n) is 4.99. The van der Waals surface area contributed by atoms with Crippen molar-refractivity contribution >= 4 is 28.6 Å². The highest BCUT2D eigenvalue weighted by Crippen LogP contribution is 2.26. The van der Waals surface area contributed by atoms with Gasteiger partial charge in [0.25, 0.3) is 0 Å². The summed E-state index contributed by atoms with van der Waals surface area (Å²) in [6.45, 7) is 4.37. The molecule has 1 aliphatic rings. The molecule has 1 aromatic carbocycles. The number of urea groups is 1. The molecule has 0 spiro atoms. The molecule has 3 heterocycles. The molecule has 2 amide bonds. The minimum Gasteiger partial charge on any atom is -0.459 e. The molecule has 28 heavy (non-hydrogen) atoms. The molecule has 0 aliphatic carbocycles. The summed E-state index contributed by atoms with van der Waals surface area (Å²) in [7, 11) is 0. The molecule has 2 aromatic heterocycles. The predicted octanol–water partition coefficient (Wildman–Crippen LogP) is 2.56. The van der Waals surface area contributed by atoms with Gasteiger partial charge in [-0.05, 0) is 32.0 Å². The molecule has 0 bridgehead atoms. The molecule has 3 aromatic rings. The number of carbonyl (C=O) groups is 1. The summed E-state index contributed by atoms with van der Waals surface area (Å²) >= 11 is 0. The number of aromatic nitrogens is 2. The molecular weight excluding hydrogens is 365 g/mol. The minimum absolute atomic E-state index is 0.0253. The highest BCUT2D eigenvalue weighted by Gasteiger charge is 2.35. The molecule has 8 nitrogen and oxygen atoms in total. The Morgan fingerprint density at radius 1 is 1.39 bits per heavy atom. The fourth-order valence-corrected chi connectivity index (χ4v) is 3.14. The zero-order valence-corrected chi connectivity index (χ0v) is 15.4. The second-order valence-electron chi connectivity index (χ2n) is 6.83. The Morgan fingerprint density at radius 3 is 2.82 bits per heavy atom. The van der Waals surface area contributed by atoms with E-state index in [1.165, 1.54) is 24.5 Å². The largest absolute Gasteiger partial charge is 0.459 e. The normalized spacial score (nSPS) is 18.8. The van der Waals surface area contributed by atoms with Crippen LogP contribution in [0, 0.1) is 12.7 Å². The molecule has 2 atom stereocenters. The van der Waals surface area contributed by atoms with Crippen LogP contribution in [0.5, 0.6) is 0 Å². The average Bonchev–Trinajstić information content (AvgIpc) is 3.00. The lowest BCUT2D eigenvalue weighted by Crippen LogP contribution is -2.59. The van der Waals surface area contributed by atoms with Gasteiger partial charge in [-0.2, -0.15) is 0 Å². The topological polar surface area (TPSA) is 104 Å². The highest BCUT2D eigenvalue weighted by molar-refractivity contribution is 5.89. The van der Waals surface area contributed by atoms with Crippen LogP contribution in [0.2, 0.25) is 0 Å². The van der Waals surface area contributed by atoms with Crippen LogP contribution in [0.1, 0.15) is 18.2 Å². The number of rotatable bonds is 4. The summed E-state index contributed by atoms with van der Waals surface area (Å²) < 4.78 is 19.1. The summed E-state index contributed by atoms with van der Waals surface area (Å²) in [5.41, 5.74) is 1.80. The van der Waals surface area contributed by atoms with Crippen molar-refractivity contribution in [3.63, 3.8) is 0 Å². The Balaban J connectivity index is 1.35. The average molecular weight is 385 g/mol. The molecule has 146 valence electrons. The van der Waals surface area contributed by atoms with Crippen molar-refractivity contribution in [3.05, 3.63) is 47.7 Å². The number of aryl methyl sites for hydroxylation is 1. The summed E-state index contributed by atoms with van der Waals surface area (Å²) in [6.07, 6.45) is 2.65. The number of aliphatic hydroxyl groups is 1. The third kappa shape index (κ3) is 3.36. The number of amides is 2. The fraction of sp³-hybridized carbons (Fsp3) is 0.316. The molecular formula is C19H20FN5O3. The number of carbonyl (C=O) groups excluding carboxylic acids is 1. The highest BCUT2D eigenvalue weighted by atomic mass is 19.1. The van der Waals surface area contributed by atoms with Gasteiger partial charge in [-0.1, -0.05) is 0 Å². The van der Waals surface area contributed by atoms with E-state index in [4.69, 9.17) is 4.42 Å². The van der Waals surface area contributed by atoms with Crippen LogP contribution in [0.25, 0.3) is 11.0 Å². The maximum atomic E-state index is 13.4. The Hall–Kier alpha value is -3.20. The zero-order valence-electron chi connectivity index (χ0n) is 15.4. The number of hydrogen-bond donors (Lipinski definition) is 3. The second kappa shape index (κ2) is 7.08. The molecule has 0 radical (unpaired) electrons. The predicted molar refractivity (Wildman–Crippen MR) is 102 cm³/mol. The van der Waals surface area contributed by atoms with E-state index in [0.717, 1.165) is 5.56 Å². The van der Waals surface area contributed by atoms with Crippen molar-refractivity contribution in [1.29, 1.82) is 0 Å². The Labute approximate surface area is 160 Å². The molecule has 9 heteroatoms. The lowest BCUT2D eigenvalue weighted by molar-refractivity contribution is 0.0979. The minimum atomic E-state index is -0.435. The first-order valence-electron chi connectivity index (χ1n) is 8.91. The monoisotopic (exact) mass is 385 g/mol. The standard InChI is InChI=1S/C19H20FN5O3/c1-10-14-5-12(20)3-4-16(14)28-17(10)8-23-19(27)24-13-6-21-18(22-7-13)25-9-15(26)11(25)2/h3-7,11,15,26H,8-9H2,1-2H3,(H2,23,24,27)/t11-,15?/m1/s1. The number of furan rings is 1. The fourth-order valence-electron chi connectivity index (χ4n) is 3.14. The molecule has 1 saturated heterocycles. The number of benzene rings is 1. The van der Waals surface area contributed by atoms with Crippen LogP contribution in [-0.4, -0.2) is 39.8 Å². The van der Waals surface area contributed by atoms with Crippen LogP contribution in [0.4, 0.5) is 20.8 Å². The van der Waals surface area contributed by atoms with Crippen LogP contribution >= 0.6 is 0 Å². The quantitative estimate of drug-likeness (QED) is 0.638. The van der Waals surface area contributed by atoms with Gasteiger partial charge in [0.05, 0.1) is 36.8 Å². The van der Waals surface area contributed by atoms with Crippen molar-refractivity contribution in [1.82, 2.24) is 15.3 Å². The maximum Gasteiger partial charge on any atom is 0.319 e. The first kappa shape index (κ1) is 18.2. The zero-order chi connectivity index (χ0) is 19.8. The number of aliphatic hydroxyl groups excluding tert-OH is 1. The Morgan fingerprint density at radius 2 is 2.14 bits per heavy atom. The number of anilines is 2. The lowest BCUT2D eigenvalue weighted by Gasteiger charge is -2.43. The van der Waals surface area contributed by atoms with E-state index in [2.05, 4.69) is 20.6 Å². The Kier molecular flexibility index (Phi) is 4.60. The third-order valence-corrected chi connectivity index (χ3v) is 4.99. The second-order valence-corrected chi connectivity index (χ2v) is 6.83. The van der Waals surface area contributed by atoms with Crippen LogP contribution in [0.3, 0.4) is 0 Å². The van der Waals surface area contributed by atoms with Crippen LogP contribution < -0.4 is 15.5 Å². The molecule has 3 N–H and O–H groups in total. The van der Waals surface area contributed by atoms with Crippen molar-refractivity contribution in [2.24, 2.45) is 0 Å². The van der Waals surface area contributed by atoms with Gasteiger partial charge in [-0.25, -0.2) is 19.2 Å². The van der Waals surface area contributed by atoms with E-state index < -0.39 is 6.03 Å². The van der Waals surface area contributed by atoms with Crippen molar-refractivity contribution in [2.75, 3.05) is 16.8 Å². The Bertz CT molecular complexity index is 1020. The SMILES string of the molecule is Cc1c(CNC(=O)Nc2cnc(N3CC(O)[C@H]3C)nc2)oc2ccc(F)cc12. The van der Waals surface area contributed by atoms with Gasteiger partial charge in [0, 0.05) is 17.5 Å². The van der Waals surface area contributed by atoms with Gasteiger partial charge in [-0.15, -0.1) is 0 Å². The van der Waals surface area contributed by atoms with E-state index in [1.807, 2.05) is 18.7 Å². The summed E-state index contributed by atoms with van der Waals surface area (Å²) in [4.78, 5) is 22.4. The van der Waals surface area contributed by atoms with Gasteiger partial charge < -0.3 is 25.1 Å². The first-order chi connectivity index (χ1) is 13.4. The van der Waals surface area contributed by atoms with Crippen molar-refractivity contribution in [3.8, 4) is 0 Å². The molecule has 1 unspecified atom stereocenters. The number of nitrogens with one attached hydrogen (secondary N) is 2. The van der Waals surface area contributed by atoms with Gasteiger partial charge in [0.1, 0.15) is 17.2 Å². The molecule has 1 aliphatic heterocycles. The summed E-state index contributed by atoms with van der Waals surface area (Å²) in [5, 5.41) is 15.6. The summed E-state index contributed by atoms with van der Waals surface area (Å²) in [6, 6.07) is 3.85. The molecule has 1 fully saturated rings. The van der Waals surface area contributed by atoms with E-state index in [-0.39, 0.29) is 24.5 Å². The van der Waals surface area contributed by atoms with Gasteiger partial charge in [0.15, 0.2) is 0 Å². The summed E-state index contributed by atoms with van der Waals surface area (Å²) in [5.74, 6) is 0.737. The maximum absolute atomic E-state index is 13.4. The van der Waals surface area contributed by atoms with E-state index in [0.29, 0.717) is 34.9 Å². The van der Waals surface area contributed by atoms with Gasteiger partial charge in [-0.3, -0.25) is 0 Å². The van der Waals surface area contributed by atoms with E-state index in [1.54, 1.807) is 6.07 Å². The van der Waals surface area contributed by atoms with Crippen LogP contribution in [0.15, 0.2) is 35.0 Å². The van der Waals surface area contributed by atoms with Crippen molar-refractivity contribution in [2.45, 2.75) is 32.5 Å². The lowest BCUT2D eigenvalue weighted by atomic mass is 10.0. The number of hydrogen-bond acceptors (Lipinski definition) is 6.